The zero-order valence-corrected chi connectivity index (χ0v) is 16.6. The second-order valence-corrected chi connectivity index (χ2v) is 6.53. The second kappa shape index (κ2) is 8.54. The molecular formula is C20H19BrN2O3. The third-order valence-corrected chi connectivity index (χ3v) is 4.48. The number of rotatable bonds is 5. The van der Waals surface area contributed by atoms with Crippen LogP contribution in [0.2, 0.25) is 0 Å². The molecule has 26 heavy (non-hydrogen) atoms. The van der Waals surface area contributed by atoms with Gasteiger partial charge in [-0.25, -0.2) is 0 Å². The average molecular weight is 415 g/mol. The number of hydrogen-bond donors (Lipinski definition) is 1. The number of carbonyl (C=O) groups excluding carboxylic acids is 1. The highest BCUT2D eigenvalue weighted by molar-refractivity contribution is 9.10. The Morgan fingerprint density at radius 2 is 1.81 bits per heavy atom. The molecule has 6 heteroatoms. The summed E-state index contributed by atoms with van der Waals surface area (Å²) in [5, 5.41) is 12.2. The van der Waals surface area contributed by atoms with Gasteiger partial charge in [0.1, 0.15) is 11.6 Å². The molecule has 0 bridgehead atoms. The third-order valence-electron chi connectivity index (χ3n) is 3.80. The molecule has 0 aliphatic carbocycles. The van der Waals surface area contributed by atoms with Crippen LogP contribution < -0.4 is 14.8 Å². The molecule has 0 spiro atoms. The van der Waals surface area contributed by atoms with Crippen molar-refractivity contribution >= 4 is 33.6 Å². The Labute approximate surface area is 161 Å². The van der Waals surface area contributed by atoms with Gasteiger partial charge in [-0.15, -0.1) is 0 Å². The van der Waals surface area contributed by atoms with Gasteiger partial charge in [-0.05, 0) is 49.2 Å². The van der Waals surface area contributed by atoms with Crippen molar-refractivity contribution in [3.8, 4) is 17.6 Å². The van der Waals surface area contributed by atoms with Gasteiger partial charge in [0.05, 0.1) is 14.2 Å². The number of nitrogens with one attached hydrogen (secondary N) is 1. The van der Waals surface area contributed by atoms with Gasteiger partial charge in [0.15, 0.2) is 11.5 Å². The molecule has 0 radical (unpaired) electrons. The van der Waals surface area contributed by atoms with Crippen molar-refractivity contribution in [2.75, 3.05) is 19.5 Å². The van der Waals surface area contributed by atoms with Crippen LogP contribution in [0, 0.1) is 25.2 Å². The highest BCUT2D eigenvalue weighted by Gasteiger charge is 2.14. The number of nitrogens with zero attached hydrogens (tertiary/aromatic N) is 1. The zero-order valence-electron chi connectivity index (χ0n) is 15.0. The van der Waals surface area contributed by atoms with Crippen molar-refractivity contribution in [3.05, 3.63) is 57.1 Å². The monoisotopic (exact) mass is 414 g/mol. The van der Waals surface area contributed by atoms with Gasteiger partial charge in [0.2, 0.25) is 0 Å². The first-order chi connectivity index (χ1) is 12.4. The highest BCUT2D eigenvalue weighted by Crippen LogP contribution is 2.34. The average Bonchev–Trinajstić information content (AvgIpc) is 2.62. The van der Waals surface area contributed by atoms with Gasteiger partial charge in [-0.3, -0.25) is 4.79 Å². The summed E-state index contributed by atoms with van der Waals surface area (Å²) in [6.45, 7) is 3.89. The Morgan fingerprint density at radius 1 is 1.15 bits per heavy atom. The largest absolute Gasteiger partial charge is 0.493 e. The molecule has 1 N–H and O–H groups in total. The number of methoxy groups -OCH3 is 2. The predicted molar refractivity (Wildman–Crippen MR) is 105 cm³/mol. The van der Waals surface area contributed by atoms with Crippen LogP contribution in [0.1, 0.15) is 16.7 Å². The molecule has 0 heterocycles. The van der Waals surface area contributed by atoms with Crippen molar-refractivity contribution in [1.29, 1.82) is 5.26 Å². The summed E-state index contributed by atoms with van der Waals surface area (Å²) in [6.07, 6.45) is 1.50. The summed E-state index contributed by atoms with van der Waals surface area (Å²) >= 11 is 3.42. The molecule has 0 aliphatic rings. The van der Waals surface area contributed by atoms with Crippen molar-refractivity contribution in [3.63, 3.8) is 0 Å². The van der Waals surface area contributed by atoms with E-state index in [1.807, 2.05) is 38.1 Å². The minimum absolute atomic E-state index is 0.0158. The molecule has 0 atom stereocenters. The highest BCUT2D eigenvalue weighted by atomic mass is 79.9. The fourth-order valence-corrected chi connectivity index (χ4v) is 2.86. The minimum Gasteiger partial charge on any atom is -0.493 e. The lowest BCUT2D eigenvalue weighted by atomic mass is 10.1. The molecule has 1 amide bonds. The van der Waals surface area contributed by atoms with E-state index in [4.69, 9.17) is 9.47 Å². The fraction of sp³-hybridized carbons (Fsp3) is 0.200. The SMILES string of the molecule is COc1cc(Br)c(/C=C(/C#N)C(=O)Nc2ccc(C)cc2C)cc1OC. The number of amides is 1. The quantitative estimate of drug-likeness (QED) is 0.571. The lowest BCUT2D eigenvalue weighted by Gasteiger charge is -2.11. The van der Waals surface area contributed by atoms with Crippen LogP contribution in [0.3, 0.4) is 0 Å². The van der Waals surface area contributed by atoms with Crippen LogP contribution in [-0.4, -0.2) is 20.1 Å². The first kappa shape index (κ1) is 19.5. The van der Waals surface area contributed by atoms with E-state index in [1.165, 1.54) is 20.3 Å². The number of ether oxygens (including phenoxy) is 2. The Bertz CT molecular complexity index is 914. The van der Waals surface area contributed by atoms with Crippen LogP contribution in [0.5, 0.6) is 11.5 Å². The number of aryl methyl sites for hydroxylation is 2. The fourth-order valence-electron chi connectivity index (χ4n) is 2.43. The van der Waals surface area contributed by atoms with Gasteiger partial charge >= 0.3 is 0 Å². The maximum absolute atomic E-state index is 12.5. The first-order valence-corrected chi connectivity index (χ1v) is 8.60. The van der Waals surface area contributed by atoms with Gasteiger partial charge in [-0.1, -0.05) is 33.6 Å². The van der Waals surface area contributed by atoms with Crippen LogP contribution in [0.15, 0.2) is 40.4 Å². The Kier molecular flexibility index (Phi) is 6.42. The van der Waals surface area contributed by atoms with Gasteiger partial charge in [0.25, 0.3) is 5.91 Å². The summed E-state index contributed by atoms with van der Waals surface area (Å²) < 4.78 is 11.2. The van der Waals surface area contributed by atoms with Crippen molar-refractivity contribution in [1.82, 2.24) is 0 Å². The van der Waals surface area contributed by atoms with E-state index < -0.39 is 5.91 Å². The normalized spacial score (nSPS) is 10.8. The van der Waals surface area contributed by atoms with Gasteiger partial charge < -0.3 is 14.8 Å². The maximum Gasteiger partial charge on any atom is 0.266 e. The summed E-state index contributed by atoms with van der Waals surface area (Å²) in [7, 11) is 3.06. The molecule has 2 rings (SSSR count). The maximum atomic E-state index is 12.5. The van der Waals surface area contributed by atoms with Gasteiger partial charge in [0, 0.05) is 10.2 Å². The molecule has 0 aromatic heterocycles. The predicted octanol–water partition coefficient (Wildman–Crippen LogP) is 4.63. The lowest BCUT2D eigenvalue weighted by Crippen LogP contribution is -2.14. The van der Waals surface area contributed by atoms with Crippen LogP contribution in [-0.2, 0) is 4.79 Å². The second-order valence-electron chi connectivity index (χ2n) is 5.67. The van der Waals surface area contributed by atoms with E-state index >= 15 is 0 Å². The summed E-state index contributed by atoms with van der Waals surface area (Å²) in [6, 6.07) is 11.1. The van der Waals surface area contributed by atoms with E-state index in [2.05, 4.69) is 21.2 Å². The first-order valence-electron chi connectivity index (χ1n) is 7.81. The molecular weight excluding hydrogens is 396 g/mol. The summed E-state index contributed by atoms with van der Waals surface area (Å²) in [5.74, 6) is 0.588. The van der Waals surface area contributed by atoms with Gasteiger partial charge in [-0.2, -0.15) is 5.26 Å². The lowest BCUT2D eigenvalue weighted by molar-refractivity contribution is -0.112. The number of hydrogen-bond acceptors (Lipinski definition) is 4. The topological polar surface area (TPSA) is 71.3 Å². The van der Waals surface area contributed by atoms with Crippen molar-refractivity contribution in [2.45, 2.75) is 13.8 Å². The Balaban J connectivity index is 2.35. The third kappa shape index (κ3) is 4.44. The number of nitriles is 1. The number of benzene rings is 2. The summed E-state index contributed by atoms with van der Waals surface area (Å²) in [4.78, 5) is 12.5. The van der Waals surface area contributed by atoms with E-state index in [1.54, 1.807) is 12.1 Å². The number of carbonyl (C=O) groups is 1. The van der Waals surface area contributed by atoms with Crippen molar-refractivity contribution < 1.29 is 14.3 Å². The zero-order chi connectivity index (χ0) is 19.3. The molecule has 0 saturated heterocycles. The van der Waals surface area contributed by atoms with E-state index in [0.29, 0.717) is 27.2 Å². The molecule has 0 unspecified atom stereocenters. The Morgan fingerprint density at radius 3 is 2.38 bits per heavy atom. The Hall–Kier alpha value is -2.78. The molecule has 0 aliphatic heterocycles. The smallest absolute Gasteiger partial charge is 0.266 e. The van der Waals surface area contributed by atoms with Crippen LogP contribution >= 0.6 is 15.9 Å². The molecule has 0 saturated carbocycles. The van der Waals surface area contributed by atoms with E-state index in [0.717, 1.165) is 11.1 Å². The number of anilines is 1. The number of halogens is 1. The summed E-state index contributed by atoms with van der Waals surface area (Å²) in [5.41, 5.74) is 3.33. The van der Waals surface area contributed by atoms with Crippen molar-refractivity contribution in [2.24, 2.45) is 0 Å². The minimum atomic E-state index is -0.471. The van der Waals surface area contributed by atoms with E-state index in [9.17, 15) is 10.1 Å². The molecule has 0 fully saturated rings. The van der Waals surface area contributed by atoms with E-state index in [-0.39, 0.29) is 5.57 Å². The van der Waals surface area contributed by atoms with Crippen LogP contribution in [0.4, 0.5) is 5.69 Å². The molecule has 134 valence electrons. The van der Waals surface area contributed by atoms with Crippen LogP contribution in [0.25, 0.3) is 6.08 Å². The molecule has 5 nitrogen and oxygen atoms in total. The molecule has 2 aromatic carbocycles. The molecule has 2 aromatic rings. The standard InChI is InChI=1S/C20H19BrN2O3/c1-12-5-6-17(13(2)7-12)23-20(24)15(11-22)8-14-9-18(25-3)19(26-4)10-16(14)21/h5-10H,1-4H3,(H,23,24)/b15-8-.